The van der Waals surface area contributed by atoms with Crippen LogP contribution in [0.4, 0.5) is 0 Å². The molecule has 3 nitrogen and oxygen atoms in total. The number of ether oxygens (including phenoxy) is 1. The molecule has 0 bridgehead atoms. The van der Waals surface area contributed by atoms with Crippen LogP contribution in [-0.4, -0.2) is 25.7 Å². The van der Waals surface area contributed by atoms with Gasteiger partial charge in [-0.15, -0.1) is 0 Å². The third-order valence-electron chi connectivity index (χ3n) is 3.02. The second-order valence-corrected chi connectivity index (χ2v) is 4.52. The molecule has 1 aliphatic carbocycles. The lowest BCUT2D eigenvalue weighted by Gasteiger charge is -2.20. The highest BCUT2D eigenvalue weighted by Gasteiger charge is 2.37. The SMILES string of the molecule is CC1(C(=O)NCC2CC2)CCOC1. The minimum absolute atomic E-state index is 0.178. The van der Waals surface area contributed by atoms with E-state index in [1.165, 1.54) is 12.8 Å². The van der Waals surface area contributed by atoms with E-state index in [1.807, 2.05) is 6.92 Å². The Morgan fingerprint density at radius 1 is 1.62 bits per heavy atom. The predicted molar refractivity (Wildman–Crippen MR) is 49.3 cm³/mol. The van der Waals surface area contributed by atoms with E-state index in [4.69, 9.17) is 4.74 Å². The van der Waals surface area contributed by atoms with Crippen molar-refractivity contribution in [2.24, 2.45) is 11.3 Å². The summed E-state index contributed by atoms with van der Waals surface area (Å²) in [5.74, 6) is 0.937. The van der Waals surface area contributed by atoms with Gasteiger partial charge in [-0.25, -0.2) is 0 Å². The summed E-state index contributed by atoms with van der Waals surface area (Å²) in [4.78, 5) is 11.7. The topological polar surface area (TPSA) is 38.3 Å². The Balaban J connectivity index is 1.80. The van der Waals surface area contributed by atoms with Gasteiger partial charge in [0.1, 0.15) is 0 Å². The van der Waals surface area contributed by atoms with Crippen LogP contribution in [0, 0.1) is 11.3 Å². The standard InChI is InChI=1S/C10H17NO2/c1-10(4-5-13-7-10)9(12)11-6-8-2-3-8/h8H,2-7H2,1H3,(H,11,12). The molecule has 0 radical (unpaired) electrons. The minimum Gasteiger partial charge on any atom is -0.380 e. The van der Waals surface area contributed by atoms with Gasteiger partial charge in [0.2, 0.25) is 5.91 Å². The van der Waals surface area contributed by atoms with Crippen LogP contribution < -0.4 is 5.32 Å². The fourth-order valence-electron chi connectivity index (χ4n) is 1.62. The number of hydrogen-bond donors (Lipinski definition) is 1. The summed E-state index contributed by atoms with van der Waals surface area (Å²) in [5, 5.41) is 3.01. The maximum atomic E-state index is 11.7. The van der Waals surface area contributed by atoms with Crippen LogP contribution >= 0.6 is 0 Å². The van der Waals surface area contributed by atoms with Gasteiger partial charge < -0.3 is 10.1 Å². The lowest BCUT2D eigenvalue weighted by molar-refractivity contribution is -0.130. The predicted octanol–water partition coefficient (Wildman–Crippen LogP) is 0.939. The molecule has 0 aromatic carbocycles. The molecule has 0 aromatic heterocycles. The number of carbonyl (C=O) groups excluding carboxylic acids is 1. The number of rotatable bonds is 3. The molecule has 3 heteroatoms. The first-order valence-corrected chi connectivity index (χ1v) is 5.07. The van der Waals surface area contributed by atoms with Crippen LogP contribution in [0.5, 0.6) is 0 Å². The van der Waals surface area contributed by atoms with E-state index in [2.05, 4.69) is 5.32 Å². The van der Waals surface area contributed by atoms with Gasteiger partial charge in [0.25, 0.3) is 0 Å². The first kappa shape index (κ1) is 9.00. The van der Waals surface area contributed by atoms with E-state index >= 15 is 0 Å². The molecule has 0 spiro atoms. The van der Waals surface area contributed by atoms with Crippen molar-refractivity contribution in [2.75, 3.05) is 19.8 Å². The smallest absolute Gasteiger partial charge is 0.228 e. The summed E-state index contributed by atoms with van der Waals surface area (Å²) in [7, 11) is 0. The molecule has 1 saturated heterocycles. The Labute approximate surface area is 78.8 Å². The normalized spacial score (nSPS) is 33.3. The molecule has 1 amide bonds. The van der Waals surface area contributed by atoms with Crippen LogP contribution in [0.25, 0.3) is 0 Å². The average molecular weight is 183 g/mol. The third kappa shape index (κ3) is 2.02. The highest BCUT2D eigenvalue weighted by molar-refractivity contribution is 5.82. The molecule has 1 unspecified atom stereocenters. The lowest BCUT2D eigenvalue weighted by atomic mass is 9.89. The van der Waals surface area contributed by atoms with Crippen LogP contribution in [0.1, 0.15) is 26.2 Å². The minimum atomic E-state index is -0.255. The van der Waals surface area contributed by atoms with Crippen molar-refractivity contribution in [2.45, 2.75) is 26.2 Å². The molecule has 0 aromatic rings. The van der Waals surface area contributed by atoms with Crippen molar-refractivity contribution < 1.29 is 9.53 Å². The Kier molecular flexibility index (Phi) is 2.28. The van der Waals surface area contributed by atoms with E-state index < -0.39 is 0 Å². The van der Waals surface area contributed by atoms with Crippen LogP contribution in [0.2, 0.25) is 0 Å². The molecular weight excluding hydrogens is 166 g/mol. The number of hydrogen-bond acceptors (Lipinski definition) is 2. The average Bonchev–Trinajstić information content (AvgIpc) is 2.84. The highest BCUT2D eigenvalue weighted by Crippen LogP contribution is 2.30. The first-order chi connectivity index (χ1) is 6.21. The molecule has 1 atom stereocenters. The van der Waals surface area contributed by atoms with Crippen molar-refractivity contribution >= 4 is 5.91 Å². The Bertz CT molecular complexity index is 205. The zero-order chi connectivity index (χ0) is 9.31. The zero-order valence-electron chi connectivity index (χ0n) is 8.14. The van der Waals surface area contributed by atoms with Crippen molar-refractivity contribution in [1.82, 2.24) is 5.32 Å². The molecule has 2 rings (SSSR count). The second-order valence-electron chi connectivity index (χ2n) is 4.52. The van der Waals surface area contributed by atoms with Gasteiger partial charge >= 0.3 is 0 Å². The van der Waals surface area contributed by atoms with Crippen LogP contribution in [0.3, 0.4) is 0 Å². The molecule has 2 aliphatic rings. The van der Waals surface area contributed by atoms with E-state index in [1.54, 1.807) is 0 Å². The monoisotopic (exact) mass is 183 g/mol. The third-order valence-corrected chi connectivity index (χ3v) is 3.02. The van der Waals surface area contributed by atoms with Crippen molar-refractivity contribution in [1.29, 1.82) is 0 Å². The number of amides is 1. The molecule has 1 heterocycles. The largest absolute Gasteiger partial charge is 0.380 e. The van der Waals surface area contributed by atoms with Gasteiger partial charge in [-0.2, -0.15) is 0 Å². The summed E-state index contributed by atoms with van der Waals surface area (Å²) in [6.07, 6.45) is 3.44. The first-order valence-electron chi connectivity index (χ1n) is 5.07. The van der Waals surface area contributed by atoms with Crippen molar-refractivity contribution in [3.8, 4) is 0 Å². The van der Waals surface area contributed by atoms with Crippen molar-refractivity contribution in [3.05, 3.63) is 0 Å². The fourth-order valence-corrected chi connectivity index (χ4v) is 1.62. The van der Waals surface area contributed by atoms with E-state index in [0.717, 1.165) is 25.5 Å². The van der Waals surface area contributed by atoms with E-state index in [9.17, 15) is 4.79 Å². The molecule has 2 fully saturated rings. The Hall–Kier alpha value is -0.570. The van der Waals surface area contributed by atoms with Crippen LogP contribution in [-0.2, 0) is 9.53 Å². The van der Waals surface area contributed by atoms with Gasteiger partial charge in [0, 0.05) is 13.2 Å². The molecular formula is C10H17NO2. The van der Waals surface area contributed by atoms with Gasteiger partial charge in [-0.3, -0.25) is 4.79 Å². The van der Waals surface area contributed by atoms with Gasteiger partial charge in [-0.1, -0.05) is 0 Å². The number of carbonyl (C=O) groups is 1. The number of nitrogens with one attached hydrogen (secondary N) is 1. The van der Waals surface area contributed by atoms with Gasteiger partial charge in [-0.05, 0) is 32.1 Å². The van der Waals surface area contributed by atoms with Crippen LogP contribution in [0.15, 0.2) is 0 Å². The quantitative estimate of drug-likeness (QED) is 0.707. The molecule has 1 aliphatic heterocycles. The molecule has 1 N–H and O–H groups in total. The summed E-state index contributed by atoms with van der Waals surface area (Å²) >= 11 is 0. The fraction of sp³-hybridized carbons (Fsp3) is 0.900. The van der Waals surface area contributed by atoms with E-state index in [-0.39, 0.29) is 11.3 Å². The lowest BCUT2D eigenvalue weighted by Crippen LogP contribution is -2.40. The molecule has 74 valence electrons. The Morgan fingerprint density at radius 3 is 2.92 bits per heavy atom. The second kappa shape index (κ2) is 3.29. The summed E-state index contributed by atoms with van der Waals surface area (Å²) < 4.78 is 5.24. The summed E-state index contributed by atoms with van der Waals surface area (Å²) in [6.45, 7) is 4.17. The Morgan fingerprint density at radius 2 is 2.38 bits per heavy atom. The summed E-state index contributed by atoms with van der Waals surface area (Å²) in [6, 6.07) is 0. The highest BCUT2D eigenvalue weighted by atomic mass is 16.5. The van der Waals surface area contributed by atoms with Crippen molar-refractivity contribution in [3.63, 3.8) is 0 Å². The summed E-state index contributed by atoms with van der Waals surface area (Å²) in [5.41, 5.74) is -0.255. The van der Waals surface area contributed by atoms with Gasteiger partial charge in [0.15, 0.2) is 0 Å². The maximum Gasteiger partial charge on any atom is 0.228 e. The van der Waals surface area contributed by atoms with E-state index in [0.29, 0.717) is 6.61 Å². The van der Waals surface area contributed by atoms with Gasteiger partial charge in [0.05, 0.1) is 12.0 Å². The maximum absolute atomic E-state index is 11.7. The zero-order valence-corrected chi connectivity index (χ0v) is 8.14. The molecule has 1 saturated carbocycles. The molecule has 13 heavy (non-hydrogen) atoms.